The Morgan fingerprint density at radius 3 is 2.72 bits per heavy atom. The van der Waals surface area contributed by atoms with Gasteiger partial charge in [-0.15, -0.1) is 0 Å². The average Bonchev–Trinajstić information content (AvgIpc) is 2.34. The van der Waals surface area contributed by atoms with Crippen molar-refractivity contribution in [2.24, 2.45) is 0 Å². The van der Waals surface area contributed by atoms with E-state index in [2.05, 4.69) is 5.32 Å². The van der Waals surface area contributed by atoms with Crippen molar-refractivity contribution in [1.29, 1.82) is 0 Å². The fraction of sp³-hybridized carbons (Fsp3) is 0. The maximum Gasteiger partial charge on any atom is 0.255 e. The van der Waals surface area contributed by atoms with Crippen LogP contribution in [0.15, 0.2) is 42.5 Å². The van der Waals surface area contributed by atoms with Crippen LogP contribution in [-0.4, -0.2) is 5.91 Å². The zero-order valence-electron chi connectivity index (χ0n) is 9.28. The third kappa shape index (κ3) is 2.78. The molecule has 0 saturated carbocycles. The van der Waals surface area contributed by atoms with Gasteiger partial charge in [0.25, 0.3) is 5.91 Å². The van der Waals surface area contributed by atoms with Gasteiger partial charge < -0.3 is 11.1 Å². The van der Waals surface area contributed by atoms with Crippen molar-refractivity contribution < 1.29 is 9.18 Å². The van der Waals surface area contributed by atoms with Crippen molar-refractivity contribution in [2.45, 2.75) is 0 Å². The molecular weight excluding hydrogens is 255 g/mol. The molecule has 2 rings (SSSR count). The summed E-state index contributed by atoms with van der Waals surface area (Å²) in [6, 6.07) is 10.1. The van der Waals surface area contributed by atoms with Crippen LogP contribution < -0.4 is 11.1 Å². The van der Waals surface area contributed by atoms with Crippen LogP contribution in [0.2, 0.25) is 5.02 Å². The van der Waals surface area contributed by atoms with Crippen LogP contribution in [0.3, 0.4) is 0 Å². The van der Waals surface area contributed by atoms with E-state index in [0.29, 0.717) is 16.4 Å². The molecule has 0 spiro atoms. The number of hydrogen-bond donors (Lipinski definition) is 2. The molecule has 92 valence electrons. The smallest absolute Gasteiger partial charge is 0.255 e. The molecule has 5 heteroatoms. The predicted molar refractivity (Wildman–Crippen MR) is 70.2 cm³/mol. The van der Waals surface area contributed by atoms with Gasteiger partial charge >= 0.3 is 0 Å². The first-order chi connectivity index (χ1) is 8.56. The summed E-state index contributed by atoms with van der Waals surface area (Å²) >= 11 is 5.91. The van der Waals surface area contributed by atoms with Crippen LogP contribution in [-0.2, 0) is 0 Å². The summed E-state index contributed by atoms with van der Waals surface area (Å²) in [6.07, 6.45) is 0. The second-order valence-corrected chi connectivity index (χ2v) is 4.11. The molecule has 0 unspecified atom stereocenters. The SMILES string of the molecule is Nc1ccc(Cl)c(NC(=O)c2cccc(F)c2)c1. The highest BCUT2D eigenvalue weighted by atomic mass is 35.5. The Morgan fingerprint density at radius 2 is 2.00 bits per heavy atom. The summed E-state index contributed by atoms with van der Waals surface area (Å²) < 4.78 is 13.0. The molecule has 0 saturated heterocycles. The van der Waals surface area contributed by atoms with Crippen molar-refractivity contribution in [3.8, 4) is 0 Å². The number of nitrogens with one attached hydrogen (secondary N) is 1. The summed E-state index contributed by atoms with van der Waals surface area (Å²) in [4.78, 5) is 11.9. The fourth-order valence-corrected chi connectivity index (χ4v) is 1.63. The van der Waals surface area contributed by atoms with Gasteiger partial charge in [-0.05, 0) is 36.4 Å². The number of benzene rings is 2. The first-order valence-corrected chi connectivity index (χ1v) is 5.56. The molecule has 0 atom stereocenters. The lowest BCUT2D eigenvalue weighted by atomic mass is 10.2. The van der Waals surface area contributed by atoms with E-state index in [1.54, 1.807) is 18.2 Å². The van der Waals surface area contributed by atoms with Gasteiger partial charge in [-0.25, -0.2) is 4.39 Å². The first-order valence-electron chi connectivity index (χ1n) is 5.18. The number of amides is 1. The predicted octanol–water partition coefficient (Wildman–Crippen LogP) is 3.31. The van der Waals surface area contributed by atoms with Gasteiger partial charge in [0.2, 0.25) is 0 Å². The molecule has 0 radical (unpaired) electrons. The number of nitrogens with two attached hydrogens (primary N) is 1. The van der Waals surface area contributed by atoms with Gasteiger partial charge in [0.15, 0.2) is 0 Å². The van der Waals surface area contributed by atoms with Crippen LogP contribution >= 0.6 is 11.6 Å². The Hall–Kier alpha value is -2.07. The molecule has 0 aliphatic heterocycles. The van der Waals surface area contributed by atoms with Crippen LogP contribution in [0.1, 0.15) is 10.4 Å². The third-order valence-corrected chi connectivity index (χ3v) is 2.66. The Balaban J connectivity index is 2.24. The van der Waals surface area contributed by atoms with Crippen molar-refractivity contribution in [2.75, 3.05) is 11.1 Å². The highest BCUT2D eigenvalue weighted by Crippen LogP contribution is 2.24. The lowest BCUT2D eigenvalue weighted by Crippen LogP contribution is -2.12. The number of hydrogen-bond acceptors (Lipinski definition) is 2. The molecule has 2 aromatic rings. The van der Waals surface area contributed by atoms with E-state index in [4.69, 9.17) is 17.3 Å². The van der Waals surface area contributed by atoms with Gasteiger partial charge in [-0.3, -0.25) is 4.79 Å². The van der Waals surface area contributed by atoms with E-state index in [1.807, 2.05) is 0 Å². The van der Waals surface area contributed by atoms with Crippen LogP contribution in [0.4, 0.5) is 15.8 Å². The Bertz CT molecular complexity index is 601. The molecule has 0 aliphatic rings. The van der Waals surface area contributed by atoms with Gasteiger partial charge in [-0.2, -0.15) is 0 Å². The second kappa shape index (κ2) is 5.06. The maximum absolute atomic E-state index is 13.0. The van der Waals surface area contributed by atoms with Crippen LogP contribution in [0.5, 0.6) is 0 Å². The molecule has 18 heavy (non-hydrogen) atoms. The summed E-state index contributed by atoms with van der Waals surface area (Å²) in [5.74, 6) is -0.914. The van der Waals surface area contributed by atoms with E-state index < -0.39 is 11.7 Å². The molecule has 0 bridgehead atoms. The van der Waals surface area contributed by atoms with Gasteiger partial charge in [0, 0.05) is 11.3 Å². The van der Waals surface area contributed by atoms with E-state index in [9.17, 15) is 9.18 Å². The number of nitrogen functional groups attached to an aromatic ring is 1. The quantitative estimate of drug-likeness (QED) is 0.818. The fourth-order valence-electron chi connectivity index (χ4n) is 1.46. The van der Waals surface area contributed by atoms with Crippen molar-refractivity contribution in [1.82, 2.24) is 0 Å². The molecule has 0 aromatic heterocycles. The van der Waals surface area contributed by atoms with Crippen LogP contribution in [0.25, 0.3) is 0 Å². The molecule has 0 aliphatic carbocycles. The largest absolute Gasteiger partial charge is 0.399 e. The minimum atomic E-state index is -0.471. The third-order valence-electron chi connectivity index (χ3n) is 2.33. The van der Waals surface area contributed by atoms with E-state index in [0.717, 1.165) is 6.07 Å². The van der Waals surface area contributed by atoms with Gasteiger partial charge in [0.1, 0.15) is 5.82 Å². The standard InChI is InChI=1S/C13H10ClFN2O/c14-11-5-4-10(16)7-12(11)17-13(18)8-2-1-3-9(15)6-8/h1-7H,16H2,(H,17,18). The highest BCUT2D eigenvalue weighted by molar-refractivity contribution is 6.34. The number of rotatable bonds is 2. The Kier molecular flexibility index (Phi) is 3.48. The zero-order chi connectivity index (χ0) is 13.1. The average molecular weight is 265 g/mol. The second-order valence-electron chi connectivity index (χ2n) is 3.70. The lowest BCUT2D eigenvalue weighted by molar-refractivity contribution is 0.102. The lowest BCUT2D eigenvalue weighted by Gasteiger charge is -2.08. The monoisotopic (exact) mass is 264 g/mol. The summed E-state index contributed by atoms with van der Waals surface area (Å²) in [5, 5.41) is 2.95. The Morgan fingerprint density at radius 1 is 1.22 bits per heavy atom. The first kappa shape index (κ1) is 12.4. The number of anilines is 2. The molecule has 3 N–H and O–H groups in total. The molecule has 1 amide bonds. The zero-order valence-corrected chi connectivity index (χ0v) is 10.0. The summed E-state index contributed by atoms with van der Waals surface area (Å²) in [6.45, 7) is 0. The molecular formula is C13H10ClFN2O. The molecule has 0 heterocycles. The highest BCUT2D eigenvalue weighted by Gasteiger charge is 2.09. The van der Waals surface area contributed by atoms with Crippen molar-refractivity contribution >= 4 is 28.9 Å². The minimum absolute atomic E-state index is 0.216. The number of halogens is 2. The van der Waals surface area contributed by atoms with Crippen molar-refractivity contribution in [3.63, 3.8) is 0 Å². The normalized spacial score (nSPS) is 10.1. The topological polar surface area (TPSA) is 55.1 Å². The number of carbonyl (C=O) groups is 1. The Labute approximate surface area is 108 Å². The van der Waals surface area contributed by atoms with E-state index in [-0.39, 0.29) is 5.56 Å². The van der Waals surface area contributed by atoms with Crippen molar-refractivity contribution in [3.05, 3.63) is 58.9 Å². The molecule has 2 aromatic carbocycles. The summed E-state index contributed by atoms with van der Waals surface area (Å²) in [5.41, 5.74) is 6.69. The maximum atomic E-state index is 13.0. The number of carbonyl (C=O) groups excluding carboxylic acids is 1. The van der Waals surface area contributed by atoms with E-state index in [1.165, 1.54) is 18.2 Å². The van der Waals surface area contributed by atoms with Gasteiger partial charge in [0.05, 0.1) is 10.7 Å². The van der Waals surface area contributed by atoms with Gasteiger partial charge in [-0.1, -0.05) is 17.7 Å². The summed E-state index contributed by atoms with van der Waals surface area (Å²) in [7, 11) is 0. The minimum Gasteiger partial charge on any atom is -0.399 e. The van der Waals surface area contributed by atoms with E-state index >= 15 is 0 Å². The van der Waals surface area contributed by atoms with Crippen LogP contribution in [0, 0.1) is 5.82 Å². The molecule has 0 fully saturated rings. The molecule has 3 nitrogen and oxygen atoms in total.